The molecular formula is C17H18N2O5S. The molecule has 0 aliphatic carbocycles. The standard InChI is InChI=1S/C17H18N2O5S/c1-11-7-8-13(9-12(11)2)25(21,22)19-18-17(20)16-10-23-14-5-3-4-6-15(14)24-16/h3-9,16,19H,10H2,1-2H3,(H,18,20)/t16-/m0/s1. The summed E-state index contributed by atoms with van der Waals surface area (Å²) in [6.45, 7) is 3.70. The third-order valence-corrected chi connectivity index (χ3v) is 5.14. The largest absolute Gasteiger partial charge is 0.485 e. The van der Waals surface area contributed by atoms with Crippen LogP contribution < -0.4 is 19.7 Å². The van der Waals surface area contributed by atoms with E-state index in [0.717, 1.165) is 11.1 Å². The van der Waals surface area contributed by atoms with Crippen molar-refractivity contribution < 1.29 is 22.7 Å². The Morgan fingerprint density at radius 2 is 1.80 bits per heavy atom. The number of nitrogens with one attached hydrogen (secondary N) is 2. The highest BCUT2D eigenvalue weighted by atomic mass is 32.2. The average molecular weight is 362 g/mol. The lowest BCUT2D eigenvalue weighted by Crippen LogP contribution is -2.50. The molecule has 1 atom stereocenters. The van der Waals surface area contributed by atoms with Crippen LogP contribution in [0.25, 0.3) is 0 Å². The van der Waals surface area contributed by atoms with Gasteiger partial charge in [-0.15, -0.1) is 4.83 Å². The molecule has 2 N–H and O–H groups in total. The Morgan fingerprint density at radius 1 is 1.08 bits per heavy atom. The van der Waals surface area contributed by atoms with Crippen molar-refractivity contribution in [3.63, 3.8) is 0 Å². The van der Waals surface area contributed by atoms with Crippen molar-refractivity contribution in [3.05, 3.63) is 53.6 Å². The fourth-order valence-corrected chi connectivity index (χ4v) is 3.22. The summed E-state index contributed by atoms with van der Waals surface area (Å²) >= 11 is 0. The molecule has 2 aromatic carbocycles. The van der Waals surface area contributed by atoms with Crippen LogP contribution in [0.3, 0.4) is 0 Å². The summed E-state index contributed by atoms with van der Waals surface area (Å²) < 4.78 is 35.5. The summed E-state index contributed by atoms with van der Waals surface area (Å²) in [5.41, 5.74) is 4.00. The van der Waals surface area contributed by atoms with E-state index >= 15 is 0 Å². The molecule has 0 fully saturated rings. The third-order valence-electron chi connectivity index (χ3n) is 3.90. The molecular weight excluding hydrogens is 344 g/mol. The lowest BCUT2D eigenvalue weighted by Gasteiger charge is -2.25. The number of hydrogen-bond acceptors (Lipinski definition) is 5. The van der Waals surface area contributed by atoms with Crippen LogP contribution in [0.15, 0.2) is 47.4 Å². The van der Waals surface area contributed by atoms with Crippen molar-refractivity contribution in [1.82, 2.24) is 10.3 Å². The first-order chi connectivity index (χ1) is 11.9. The van der Waals surface area contributed by atoms with Crippen LogP contribution in [0.1, 0.15) is 11.1 Å². The number of hydrogen-bond donors (Lipinski definition) is 2. The van der Waals surface area contributed by atoms with Gasteiger partial charge in [0.2, 0.25) is 6.10 Å². The van der Waals surface area contributed by atoms with Crippen LogP contribution in [0.5, 0.6) is 11.5 Å². The quantitative estimate of drug-likeness (QED) is 0.803. The average Bonchev–Trinajstić information content (AvgIpc) is 2.61. The van der Waals surface area contributed by atoms with E-state index in [0.29, 0.717) is 11.5 Å². The van der Waals surface area contributed by atoms with Gasteiger partial charge in [-0.2, -0.15) is 0 Å². The highest BCUT2D eigenvalue weighted by molar-refractivity contribution is 7.89. The maximum absolute atomic E-state index is 12.3. The van der Waals surface area contributed by atoms with Crippen molar-refractivity contribution >= 4 is 15.9 Å². The normalized spacial score (nSPS) is 16.3. The summed E-state index contributed by atoms with van der Waals surface area (Å²) in [6, 6.07) is 11.7. The Morgan fingerprint density at radius 3 is 2.52 bits per heavy atom. The molecule has 0 radical (unpaired) electrons. The smallest absolute Gasteiger partial charge is 0.279 e. The maximum atomic E-state index is 12.3. The van der Waals surface area contributed by atoms with Crippen molar-refractivity contribution in [3.8, 4) is 11.5 Å². The number of carbonyl (C=O) groups excluding carboxylic acids is 1. The second kappa shape index (κ2) is 6.73. The summed E-state index contributed by atoms with van der Waals surface area (Å²) in [7, 11) is -3.87. The molecule has 7 nitrogen and oxygen atoms in total. The Hall–Kier alpha value is -2.58. The molecule has 0 saturated carbocycles. The van der Waals surface area contributed by atoms with Crippen molar-refractivity contribution in [1.29, 1.82) is 0 Å². The fraction of sp³-hybridized carbons (Fsp3) is 0.235. The Kier molecular flexibility index (Phi) is 4.65. The van der Waals surface area contributed by atoms with E-state index in [1.165, 1.54) is 6.07 Å². The van der Waals surface area contributed by atoms with Crippen LogP contribution in [0.2, 0.25) is 0 Å². The highest BCUT2D eigenvalue weighted by Gasteiger charge is 2.28. The Bertz CT molecular complexity index is 911. The van der Waals surface area contributed by atoms with Crippen molar-refractivity contribution in [2.24, 2.45) is 0 Å². The number of ether oxygens (including phenoxy) is 2. The van der Waals surface area contributed by atoms with Gasteiger partial charge in [0.15, 0.2) is 11.5 Å². The predicted molar refractivity (Wildman–Crippen MR) is 90.7 cm³/mol. The number of carbonyl (C=O) groups is 1. The first-order valence-electron chi connectivity index (χ1n) is 7.64. The van der Waals surface area contributed by atoms with E-state index in [1.54, 1.807) is 36.4 Å². The topological polar surface area (TPSA) is 93.7 Å². The molecule has 1 aliphatic rings. The second-order valence-corrected chi connectivity index (χ2v) is 7.39. The number of aryl methyl sites for hydroxylation is 2. The lowest BCUT2D eigenvalue weighted by atomic mass is 10.1. The molecule has 25 heavy (non-hydrogen) atoms. The van der Waals surface area contributed by atoms with E-state index < -0.39 is 22.0 Å². The molecule has 0 unspecified atom stereocenters. The molecule has 0 bridgehead atoms. The summed E-state index contributed by atoms with van der Waals surface area (Å²) in [6.07, 6.45) is -0.947. The summed E-state index contributed by atoms with van der Waals surface area (Å²) in [4.78, 5) is 14.3. The molecule has 0 spiro atoms. The predicted octanol–water partition coefficient (Wildman–Crippen LogP) is 1.45. The lowest BCUT2D eigenvalue weighted by molar-refractivity contribution is -0.130. The number of sulfonamides is 1. The van der Waals surface area contributed by atoms with Crippen LogP contribution in [0, 0.1) is 13.8 Å². The minimum Gasteiger partial charge on any atom is -0.485 e. The van der Waals surface area contributed by atoms with E-state index in [4.69, 9.17) is 9.47 Å². The number of hydrazine groups is 1. The van der Waals surface area contributed by atoms with Crippen LogP contribution >= 0.6 is 0 Å². The summed E-state index contributed by atoms with van der Waals surface area (Å²) in [5.74, 6) is 0.343. The van der Waals surface area contributed by atoms with Crippen molar-refractivity contribution in [2.45, 2.75) is 24.8 Å². The molecule has 1 amide bonds. The zero-order valence-electron chi connectivity index (χ0n) is 13.8. The first kappa shape index (κ1) is 17.2. The molecule has 0 aromatic heterocycles. The second-order valence-electron chi connectivity index (χ2n) is 5.71. The van der Waals surface area contributed by atoms with Gasteiger partial charge in [0.05, 0.1) is 4.90 Å². The Balaban J connectivity index is 1.65. The molecule has 2 aromatic rings. The van der Waals surface area contributed by atoms with Gasteiger partial charge in [0, 0.05) is 0 Å². The van der Waals surface area contributed by atoms with Gasteiger partial charge in [-0.05, 0) is 49.2 Å². The summed E-state index contributed by atoms with van der Waals surface area (Å²) in [5, 5.41) is 0. The van der Waals surface area contributed by atoms with Gasteiger partial charge in [0.1, 0.15) is 6.61 Å². The van der Waals surface area contributed by atoms with E-state index in [9.17, 15) is 13.2 Å². The molecule has 3 rings (SSSR count). The van der Waals surface area contributed by atoms with Gasteiger partial charge in [-0.1, -0.05) is 18.2 Å². The van der Waals surface area contributed by atoms with Crippen LogP contribution in [-0.4, -0.2) is 27.0 Å². The number of fused-ring (bicyclic) bond motifs is 1. The van der Waals surface area contributed by atoms with Gasteiger partial charge < -0.3 is 9.47 Å². The zero-order chi connectivity index (χ0) is 18.0. The minimum absolute atomic E-state index is 0.00574. The van der Waals surface area contributed by atoms with Crippen LogP contribution in [-0.2, 0) is 14.8 Å². The van der Waals surface area contributed by atoms with Crippen LogP contribution in [0.4, 0.5) is 0 Å². The van der Waals surface area contributed by atoms with E-state index in [2.05, 4.69) is 10.3 Å². The van der Waals surface area contributed by atoms with Gasteiger partial charge in [-0.25, -0.2) is 8.42 Å². The van der Waals surface area contributed by atoms with Gasteiger partial charge in [0.25, 0.3) is 15.9 Å². The molecule has 1 aliphatic heterocycles. The Labute approximate surface area is 146 Å². The highest BCUT2D eigenvalue weighted by Crippen LogP contribution is 2.30. The number of para-hydroxylation sites is 2. The maximum Gasteiger partial charge on any atom is 0.279 e. The SMILES string of the molecule is Cc1ccc(S(=O)(=O)NNC(=O)[C@@H]2COc3ccccc3O2)cc1C. The van der Waals surface area contributed by atoms with Crippen molar-refractivity contribution in [2.75, 3.05) is 6.61 Å². The number of rotatable bonds is 4. The molecule has 132 valence electrons. The first-order valence-corrected chi connectivity index (χ1v) is 9.12. The van der Waals surface area contributed by atoms with Gasteiger partial charge >= 0.3 is 0 Å². The molecule has 8 heteroatoms. The monoisotopic (exact) mass is 362 g/mol. The number of benzene rings is 2. The minimum atomic E-state index is -3.87. The third kappa shape index (κ3) is 3.75. The van der Waals surface area contributed by atoms with E-state index in [-0.39, 0.29) is 11.5 Å². The molecule has 1 heterocycles. The van der Waals surface area contributed by atoms with Gasteiger partial charge in [-0.3, -0.25) is 10.2 Å². The number of amides is 1. The zero-order valence-corrected chi connectivity index (χ0v) is 14.6. The molecule has 0 saturated heterocycles. The van der Waals surface area contributed by atoms with E-state index in [1.807, 2.05) is 13.8 Å². The fourth-order valence-electron chi connectivity index (χ4n) is 2.29.